The summed E-state index contributed by atoms with van der Waals surface area (Å²) in [6.07, 6.45) is 0. The fourth-order valence-corrected chi connectivity index (χ4v) is 6.31. The fraction of sp³-hybridized carbons (Fsp3) is 0.368. The molecule has 0 radical (unpaired) electrons. The van der Waals surface area contributed by atoms with E-state index in [9.17, 15) is 16.8 Å². The predicted molar refractivity (Wildman–Crippen MR) is 104 cm³/mol. The second-order valence-electron chi connectivity index (χ2n) is 6.95. The van der Waals surface area contributed by atoms with Crippen LogP contribution in [0.15, 0.2) is 58.3 Å². The standard InChI is InChI=1S/C19H24N2O4S2/c1-15-4-8-18(9-5-15)26(22,23)20-12-13-21(17(3)14-20)27(24,25)19-10-6-16(2)7-11-19/h4-11,17H,12-14H2,1-3H3/t17-/m1/s1. The normalized spacial score (nSPS) is 19.9. The summed E-state index contributed by atoms with van der Waals surface area (Å²) in [6.45, 7) is 5.92. The summed E-state index contributed by atoms with van der Waals surface area (Å²) < 4.78 is 54.3. The predicted octanol–water partition coefficient (Wildman–Crippen LogP) is 2.39. The molecule has 1 saturated heterocycles. The first-order valence-electron chi connectivity index (χ1n) is 8.78. The molecule has 6 nitrogen and oxygen atoms in total. The SMILES string of the molecule is Cc1ccc(S(=O)(=O)N2CCN(S(=O)(=O)c3ccc(C)cc3)[C@H](C)C2)cc1. The van der Waals surface area contributed by atoms with Gasteiger partial charge in [-0.3, -0.25) is 0 Å². The zero-order chi connectivity index (χ0) is 19.8. The lowest BCUT2D eigenvalue weighted by Crippen LogP contribution is -2.55. The Hall–Kier alpha value is -1.74. The van der Waals surface area contributed by atoms with Gasteiger partial charge in [-0.05, 0) is 45.0 Å². The lowest BCUT2D eigenvalue weighted by Gasteiger charge is -2.38. The third-order valence-corrected chi connectivity index (χ3v) is 8.72. The maximum atomic E-state index is 12.9. The van der Waals surface area contributed by atoms with Gasteiger partial charge in [0, 0.05) is 25.7 Å². The van der Waals surface area contributed by atoms with E-state index >= 15 is 0 Å². The van der Waals surface area contributed by atoms with Crippen LogP contribution in [-0.4, -0.2) is 51.1 Å². The quantitative estimate of drug-likeness (QED) is 0.779. The highest BCUT2D eigenvalue weighted by atomic mass is 32.2. The molecule has 27 heavy (non-hydrogen) atoms. The molecule has 0 aromatic heterocycles. The molecule has 8 heteroatoms. The third kappa shape index (κ3) is 3.94. The van der Waals surface area contributed by atoms with Crippen LogP contribution in [0.3, 0.4) is 0 Å². The van der Waals surface area contributed by atoms with E-state index in [0.717, 1.165) is 11.1 Å². The molecule has 3 rings (SSSR count). The molecule has 1 fully saturated rings. The summed E-state index contributed by atoms with van der Waals surface area (Å²) >= 11 is 0. The molecule has 1 aliphatic rings. The lowest BCUT2D eigenvalue weighted by molar-refractivity contribution is 0.212. The lowest BCUT2D eigenvalue weighted by atomic mass is 10.2. The number of hydrogen-bond donors (Lipinski definition) is 0. The second-order valence-corrected chi connectivity index (χ2v) is 10.8. The number of sulfonamides is 2. The number of piperazine rings is 1. The zero-order valence-corrected chi connectivity index (χ0v) is 17.3. The Labute approximate surface area is 161 Å². The first kappa shape index (κ1) is 20.0. The Morgan fingerprint density at radius 1 is 0.741 bits per heavy atom. The molecule has 0 bridgehead atoms. The Morgan fingerprint density at radius 2 is 1.19 bits per heavy atom. The first-order valence-corrected chi connectivity index (χ1v) is 11.7. The van der Waals surface area contributed by atoms with Crippen LogP contribution < -0.4 is 0 Å². The van der Waals surface area contributed by atoms with Crippen LogP contribution in [0.1, 0.15) is 18.1 Å². The minimum absolute atomic E-state index is 0.126. The van der Waals surface area contributed by atoms with E-state index in [0.29, 0.717) is 0 Å². The molecular weight excluding hydrogens is 384 g/mol. The molecule has 0 unspecified atom stereocenters. The Morgan fingerprint density at radius 3 is 1.63 bits per heavy atom. The van der Waals surface area contributed by atoms with Gasteiger partial charge >= 0.3 is 0 Å². The van der Waals surface area contributed by atoms with Crippen LogP contribution in [0.4, 0.5) is 0 Å². The van der Waals surface area contributed by atoms with Crippen molar-refractivity contribution in [2.24, 2.45) is 0 Å². The maximum absolute atomic E-state index is 12.9. The maximum Gasteiger partial charge on any atom is 0.243 e. The van der Waals surface area contributed by atoms with Crippen molar-refractivity contribution in [2.75, 3.05) is 19.6 Å². The van der Waals surface area contributed by atoms with E-state index < -0.39 is 26.1 Å². The van der Waals surface area contributed by atoms with Crippen molar-refractivity contribution < 1.29 is 16.8 Å². The molecule has 2 aromatic rings. The Balaban J connectivity index is 1.81. The monoisotopic (exact) mass is 408 g/mol. The van der Waals surface area contributed by atoms with E-state index in [1.807, 2.05) is 13.8 Å². The van der Waals surface area contributed by atoms with E-state index in [1.54, 1.807) is 55.5 Å². The molecule has 0 saturated carbocycles. The highest BCUT2D eigenvalue weighted by molar-refractivity contribution is 7.89. The minimum Gasteiger partial charge on any atom is -0.207 e. The van der Waals surface area contributed by atoms with E-state index in [-0.39, 0.29) is 29.4 Å². The largest absolute Gasteiger partial charge is 0.243 e. The molecule has 1 heterocycles. The Kier molecular flexibility index (Phi) is 5.45. The van der Waals surface area contributed by atoms with Gasteiger partial charge in [-0.15, -0.1) is 0 Å². The van der Waals surface area contributed by atoms with Crippen LogP contribution in [0.5, 0.6) is 0 Å². The highest BCUT2D eigenvalue weighted by Gasteiger charge is 2.37. The van der Waals surface area contributed by atoms with Crippen molar-refractivity contribution in [3.63, 3.8) is 0 Å². The van der Waals surface area contributed by atoms with Crippen molar-refractivity contribution in [3.8, 4) is 0 Å². The molecular formula is C19H24N2O4S2. The fourth-order valence-electron chi connectivity index (χ4n) is 3.19. The van der Waals surface area contributed by atoms with Crippen LogP contribution in [0.25, 0.3) is 0 Å². The van der Waals surface area contributed by atoms with Gasteiger partial charge in [0.1, 0.15) is 0 Å². The van der Waals surface area contributed by atoms with Gasteiger partial charge < -0.3 is 0 Å². The van der Waals surface area contributed by atoms with Crippen LogP contribution in [0, 0.1) is 13.8 Å². The molecule has 0 aliphatic carbocycles. The van der Waals surface area contributed by atoms with Crippen molar-refractivity contribution >= 4 is 20.0 Å². The number of rotatable bonds is 4. The van der Waals surface area contributed by atoms with Crippen LogP contribution in [-0.2, 0) is 20.0 Å². The molecule has 0 spiro atoms. The number of aryl methyl sites for hydroxylation is 2. The number of hydrogen-bond acceptors (Lipinski definition) is 4. The number of benzene rings is 2. The summed E-state index contributed by atoms with van der Waals surface area (Å²) in [7, 11) is -7.29. The second kappa shape index (κ2) is 7.35. The summed E-state index contributed by atoms with van der Waals surface area (Å²) in [4.78, 5) is 0.463. The Bertz CT molecular complexity index is 1010. The van der Waals surface area contributed by atoms with Gasteiger partial charge in [0.2, 0.25) is 20.0 Å². The van der Waals surface area contributed by atoms with E-state index in [1.165, 1.54) is 8.61 Å². The first-order chi connectivity index (χ1) is 12.6. The topological polar surface area (TPSA) is 74.8 Å². The van der Waals surface area contributed by atoms with E-state index in [2.05, 4.69) is 0 Å². The van der Waals surface area contributed by atoms with Gasteiger partial charge in [-0.2, -0.15) is 8.61 Å². The van der Waals surface area contributed by atoms with Gasteiger partial charge in [-0.25, -0.2) is 16.8 Å². The molecule has 1 atom stereocenters. The van der Waals surface area contributed by atoms with Gasteiger partial charge in [0.15, 0.2) is 0 Å². The average molecular weight is 409 g/mol. The molecule has 1 aliphatic heterocycles. The van der Waals surface area contributed by atoms with Crippen molar-refractivity contribution in [3.05, 3.63) is 59.7 Å². The van der Waals surface area contributed by atoms with Crippen LogP contribution in [0.2, 0.25) is 0 Å². The summed E-state index contributed by atoms with van der Waals surface area (Å²) in [6, 6.07) is 12.9. The van der Waals surface area contributed by atoms with Crippen LogP contribution >= 0.6 is 0 Å². The molecule has 146 valence electrons. The molecule has 0 N–H and O–H groups in total. The average Bonchev–Trinajstić information content (AvgIpc) is 2.62. The van der Waals surface area contributed by atoms with Gasteiger partial charge in [0.25, 0.3) is 0 Å². The van der Waals surface area contributed by atoms with E-state index in [4.69, 9.17) is 0 Å². The molecule has 0 amide bonds. The highest BCUT2D eigenvalue weighted by Crippen LogP contribution is 2.25. The number of nitrogens with zero attached hydrogens (tertiary/aromatic N) is 2. The summed E-state index contributed by atoms with van der Waals surface area (Å²) in [5.74, 6) is 0. The third-order valence-electron chi connectivity index (χ3n) is 4.82. The smallest absolute Gasteiger partial charge is 0.207 e. The van der Waals surface area contributed by atoms with Crippen molar-refractivity contribution in [1.29, 1.82) is 0 Å². The molecule has 2 aromatic carbocycles. The van der Waals surface area contributed by atoms with Gasteiger partial charge in [0.05, 0.1) is 9.79 Å². The summed E-state index contributed by atoms with van der Waals surface area (Å²) in [5, 5.41) is 0. The zero-order valence-electron chi connectivity index (χ0n) is 15.7. The van der Waals surface area contributed by atoms with Gasteiger partial charge in [-0.1, -0.05) is 35.4 Å². The summed E-state index contributed by atoms with van der Waals surface area (Å²) in [5.41, 5.74) is 1.97. The van der Waals surface area contributed by atoms with Crippen molar-refractivity contribution in [2.45, 2.75) is 36.6 Å². The minimum atomic E-state index is -3.66. The van der Waals surface area contributed by atoms with Crippen molar-refractivity contribution in [1.82, 2.24) is 8.61 Å².